The molecule has 1 fully saturated rings. The van der Waals surface area contributed by atoms with E-state index < -0.39 is 0 Å². The van der Waals surface area contributed by atoms with Crippen LogP contribution < -0.4 is 10.5 Å². The number of rotatable bonds is 4. The molecule has 2 N–H and O–H groups in total. The van der Waals surface area contributed by atoms with Crippen LogP contribution in [0.4, 0.5) is 0 Å². The van der Waals surface area contributed by atoms with E-state index in [-0.39, 0.29) is 6.10 Å². The lowest BCUT2D eigenvalue weighted by molar-refractivity contribution is 0.103. The largest absolute Gasteiger partial charge is 0.491 e. The van der Waals surface area contributed by atoms with Gasteiger partial charge in [0.25, 0.3) is 0 Å². The van der Waals surface area contributed by atoms with Gasteiger partial charge in [-0.2, -0.15) is 0 Å². The molecular weight excluding hydrogens is 212 g/mol. The Morgan fingerprint density at radius 1 is 1.18 bits per heavy atom. The molecule has 0 amide bonds. The standard InChI is InChI=1S/C14H22N2O/c1-10(2)17-14-6-4-12(5-7-14)11(3)16-8-13(15)9-16/h4-7,10-11,13H,8-9,15H2,1-3H3. The predicted octanol–water partition coefficient (Wildman–Crippen LogP) is 2.18. The molecule has 0 aromatic heterocycles. The average molecular weight is 234 g/mol. The summed E-state index contributed by atoms with van der Waals surface area (Å²) in [5.41, 5.74) is 7.13. The first-order chi connectivity index (χ1) is 8.06. The van der Waals surface area contributed by atoms with E-state index in [0.29, 0.717) is 12.1 Å². The van der Waals surface area contributed by atoms with Crippen LogP contribution in [0.25, 0.3) is 0 Å². The summed E-state index contributed by atoms with van der Waals surface area (Å²) in [6, 6.07) is 9.19. The minimum atomic E-state index is 0.228. The van der Waals surface area contributed by atoms with E-state index in [0.717, 1.165) is 18.8 Å². The zero-order valence-corrected chi connectivity index (χ0v) is 10.9. The Morgan fingerprint density at radius 2 is 1.76 bits per heavy atom. The highest BCUT2D eigenvalue weighted by atomic mass is 16.5. The minimum absolute atomic E-state index is 0.228. The smallest absolute Gasteiger partial charge is 0.119 e. The highest BCUT2D eigenvalue weighted by Gasteiger charge is 2.27. The Kier molecular flexibility index (Phi) is 3.69. The molecule has 1 saturated heterocycles. The van der Waals surface area contributed by atoms with Gasteiger partial charge in [-0.15, -0.1) is 0 Å². The third-order valence-electron chi connectivity index (χ3n) is 3.22. The van der Waals surface area contributed by atoms with Gasteiger partial charge in [-0.25, -0.2) is 0 Å². The van der Waals surface area contributed by atoms with Crippen LogP contribution in [0.3, 0.4) is 0 Å². The molecule has 0 spiro atoms. The molecule has 1 unspecified atom stereocenters. The van der Waals surface area contributed by atoms with Crippen LogP contribution in [-0.4, -0.2) is 30.1 Å². The first-order valence-electron chi connectivity index (χ1n) is 6.32. The number of ether oxygens (including phenoxy) is 1. The predicted molar refractivity (Wildman–Crippen MR) is 70.2 cm³/mol. The number of nitrogens with zero attached hydrogens (tertiary/aromatic N) is 1. The van der Waals surface area contributed by atoms with Gasteiger partial charge in [-0.3, -0.25) is 4.90 Å². The molecule has 94 valence electrons. The average Bonchev–Trinajstić information content (AvgIpc) is 2.24. The van der Waals surface area contributed by atoms with E-state index in [2.05, 4.69) is 24.0 Å². The number of likely N-dealkylation sites (tertiary alicyclic amines) is 1. The minimum Gasteiger partial charge on any atom is -0.491 e. The molecule has 0 aliphatic carbocycles. The molecule has 1 aromatic rings. The Morgan fingerprint density at radius 3 is 2.24 bits per heavy atom. The Labute approximate surface area is 104 Å². The van der Waals surface area contributed by atoms with Gasteiger partial charge in [0.15, 0.2) is 0 Å². The van der Waals surface area contributed by atoms with Crippen molar-refractivity contribution in [2.24, 2.45) is 5.73 Å². The van der Waals surface area contributed by atoms with Crippen molar-refractivity contribution in [3.8, 4) is 5.75 Å². The van der Waals surface area contributed by atoms with Crippen molar-refractivity contribution in [2.75, 3.05) is 13.1 Å². The molecule has 1 atom stereocenters. The maximum absolute atomic E-state index is 5.80. The topological polar surface area (TPSA) is 38.5 Å². The van der Waals surface area contributed by atoms with E-state index in [1.807, 2.05) is 26.0 Å². The van der Waals surface area contributed by atoms with Crippen LogP contribution in [-0.2, 0) is 0 Å². The summed E-state index contributed by atoms with van der Waals surface area (Å²) >= 11 is 0. The number of hydrogen-bond donors (Lipinski definition) is 1. The van der Waals surface area contributed by atoms with Crippen molar-refractivity contribution in [1.29, 1.82) is 0 Å². The summed E-state index contributed by atoms with van der Waals surface area (Å²) in [4.78, 5) is 2.39. The Bertz CT molecular complexity index is 355. The van der Waals surface area contributed by atoms with Crippen LogP contribution in [0.5, 0.6) is 5.75 Å². The van der Waals surface area contributed by atoms with Crippen molar-refractivity contribution < 1.29 is 4.74 Å². The molecular formula is C14H22N2O. The molecule has 3 heteroatoms. The van der Waals surface area contributed by atoms with Crippen LogP contribution in [0, 0.1) is 0 Å². The van der Waals surface area contributed by atoms with Crippen molar-refractivity contribution in [3.05, 3.63) is 29.8 Å². The zero-order valence-electron chi connectivity index (χ0n) is 10.9. The van der Waals surface area contributed by atoms with Gasteiger partial charge in [0.1, 0.15) is 5.75 Å². The molecule has 2 rings (SSSR count). The van der Waals surface area contributed by atoms with E-state index in [1.165, 1.54) is 5.56 Å². The van der Waals surface area contributed by atoms with Crippen LogP contribution in [0.1, 0.15) is 32.4 Å². The van der Waals surface area contributed by atoms with E-state index in [9.17, 15) is 0 Å². The maximum Gasteiger partial charge on any atom is 0.119 e. The van der Waals surface area contributed by atoms with Crippen molar-refractivity contribution in [3.63, 3.8) is 0 Å². The molecule has 1 heterocycles. The van der Waals surface area contributed by atoms with Crippen molar-refractivity contribution in [1.82, 2.24) is 4.90 Å². The number of hydrogen-bond acceptors (Lipinski definition) is 3. The lowest BCUT2D eigenvalue weighted by Crippen LogP contribution is -2.56. The van der Waals surface area contributed by atoms with Gasteiger partial charge >= 0.3 is 0 Å². The summed E-state index contributed by atoms with van der Waals surface area (Å²) in [6.07, 6.45) is 0.228. The van der Waals surface area contributed by atoms with E-state index >= 15 is 0 Å². The van der Waals surface area contributed by atoms with Crippen LogP contribution in [0.15, 0.2) is 24.3 Å². The number of benzene rings is 1. The van der Waals surface area contributed by atoms with Crippen molar-refractivity contribution in [2.45, 2.75) is 39.0 Å². The number of nitrogens with two attached hydrogens (primary N) is 1. The highest BCUT2D eigenvalue weighted by molar-refractivity contribution is 5.29. The summed E-state index contributed by atoms with van der Waals surface area (Å²) in [6.45, 7) is 8.32. The Balaban J connectivity index is 1.97. The fourth-order valence-corrected chi connectivity index (χ4v) is 2.17. The molecule has 17 heavy (non-hydrogen) atoms. The first-order valence-corrected chi connectivity index (χ1v) is 6.32. The summed E-state index contributed by atoms with van der Waals surface area (Å²) in [5.74, 6) is 0.941. The second kappa shape index (κ2) is 5.07. The normalized spacial score (nSPS) is 19.1. The summed E-state index contributed by atoms with van der Waals surface area (Å²) in [5, 5.41) is 0. The molecule has 0 radical (unpaired) electrons. The Hall–Kier alpha value is -1.06. The fourth-order valence-electron chi connectivity index (χ4n) is 2.17. The zero-order chi connectivity index (χ0) is 12.4. The lowest BCUT2D eigenvalue weighted by Gasteiger charge is -2.41. The van der Waals surface area contributed by atoms with E-state index in [1.54, 1.807) is 0 Å². The molecule has 1 aliphatic rings. The second-order valence-electron chi connectivity index (χ2n) is 5.13. The highest BCUT2D eigenvalue weighted by Crippen LogP contribution is 2.26. The third-order valence-corrected chi connectivity index (χ3v) is 3.22. The third kappa shape index (κ3) is 2.99. The monoisotopic (exact) mass is 234 g/mol. The molecule has 0 saturated carbocycles. The van der Waals surface area contributed by atoms with Gasteiger partial charge in [-0.05, 0) is 38.5 Å². The summed E-state index contributed by atoms with van der Waals surface area (Å²) in [7, 11) is 0. The van der Waals surface area contributed by atoms with Gasteiger partial charge in [0.05, 0.1) is 6.10 Å². The maximum atomic E-state index is 5.80. The van der Waals surface area contributed by atoms with Crippen LogP contribution >= 0.6 is 0 Å². The molecule has 1 aliphatic heterocycles. The molecule has 1 aromatic carbocycles. The lowest BCUT2D eigenvalue weighted by atomic mass is 10.0. The fraction of sp³-hybridized carbons (Fsp3) is 0.571. The van der Waals surface area contributed by atoms with Gasteiger partial charge in [0.2, 0.25) is 0 Å². The van der Waals surface area contributed by atoms with Crippen molar-refractivity contribution >= 4 is 0 Å². The molecule has 3 nitrogen and oxygen atoms in total. The van der Waals surface area contributed by atoms with Gasteiger partial charge < -0.3 is 10.5 Å². The van der Waals surface area contributed by atoms with Gasteiger partial charge in [-0.1, -0.05) is 12.1 Å². The van der Waals surface area contributed by atoms with Gasteiger partial charge in [0, 0.05) is 25.2 Å². The first kappa shape index (κ1) is 12.4. The van der Waals surface area contributed by atoms with E-state index in [4.69, 9.17) is 10.5 Å². The SMILES string of the molecule is CC(C)Oc1ccc(C(C)N2CC(N)C2)cc1. The summed E-state index contributed by atoms with van der Waals surface area (Å²) < 4.78 is 5.63. The second-order valence-corrected chi connectivity index (χ2v) is 5.13. The molecule has 0 bridgehead atoms. The van der Waals surface area contributed by atoms with Crippen LogP contribution in [0.2, 0.25) is 0 Å². The quantitative estimate of drug-likeness (QED) is 0.867.